The van der Waals surface area contributed by atoms with E-state index in [1.165, 1.54) is 11.1 Å². The van der Waals surface area contributed by atoms with E-state index in [1.807, 2.05) is 20.8 Å². The minimum Gasteiger partial charge on any atom is -0.368 e. The molecule has 116 valence electrons. The van der Waals surface area contributed by atoms with Crippen molar-refractivity contribution < 1.29 is 4.79 Å². The molecule has 4 nitrogen and oxygen atoms in total. The number of nitrogens with one attached hydrogen (secondary N) is 1. The number of carbonyl (C=O) groups excluding carboxylic acids is 1. The topological polar surface area (TPSA) is 58.4 Å². The summed E-state index contributed by atoms with van der Waals surface area (Å²) in [6.07, 6.45) is 2.07. The zero-order valence-electron chi connectivity index (χ0n) is 13.4. The first kappa shape index (κ1) is 16.0. The van der Waals surface area contributed by atoms with Crippen LogP contribution in [0, 0.1) is 0 Å². The Kier molecular flexibility index (Phi) is 5.01. The van der Waals surface area contributed by atoms with Crippen LogP contribution in [0.5, 0.6) is 0 Å². The van der Waals surface area contributed by atoms with Gasteiger partial charge in [0.15, 0.2) is 0 Å². The number of benzene rings is 1. The van der Waals surface area contributed by atoms with Crippen LogP contribution in [0.1, 0.15) is 31.9 Å². The highest BCUT2D eigenvalue weighted by Gasteiger charge is 2.33. The number of fused-ring (bicyclic) bond motifs is 1. The largest absolute Gasteiger partial charge is 0.368 e. The molecule has 0 bridgehead atoms. The minimum absolute atomic E-state index is 0.228. The van der Waals surface area contributed by atoms with Crippen LogP contribution in [0.3, 0.4) is 0 Å². The molecule has 0 spiro atoms. The monoisotopic (exact) mass is 289 g/mol. The summed E-state index contributed by atoms with van der Waals surface area (Å²) in [5, 5.41) is 3.33. The molecule has 0 fully saturated rings. The average Bonchev–Trinajstić information content (AvgIpc) is 2.61. The summed E-state index contributed by atoms with van der Waals surface area (Å²) in [6.45, 7) is 8.60. The second kappa shape index (κ2) is 6.58. The highest BCUT2D eigenvalue weighted by molar-refractivity contribution is 5.84. The van der Waals surface area contributed by atoms with Crippen LogP contribution in [0.25, 0.3) is 0 Å². The fraction of sp³-hybridized carbons (Fsp3) is 0.588. The lowest BCUT2D eigenvalue weighted by molar-refractivity contribution is -0.124. The van der Waals surface area contributed by atoms with Gasteiger partial charge in [-0.3, -0.25) is 4.79 Å². The first-order valence-electron chi connectivity index (χ1n) is 7.77. The van der Waals surface area contributed by atoms with Crippen molar-refractivity contribution >= 4 is 5.91 Å². The summed E-state index contributed by atoms with van der Waals surface area (Å²) in [5.41, 5.74) is 7.81. The van der Waals surface area contributed by atoms with E-state index >= 15 is 0 Å². The Labute approximate surface area is 127 Å². The van der Waals surface area contributed by atoms with E-state index in [9.17, 15) is 4.79 Å². The third-order valence-electron chi connectivity index (χ3n) is 4.20. The summed E-state index contributed by atoms with van der Waals surface area (Å²) >= 11 is 0. The highest BCUT2D eigenvalue weighted by Crippen LogP contribution is 2.17. The Balaban J connectivity index is 2.05. The second-order valence-corrected chi connectivity index (χ2v) is 6.54. The molecule has 1 heterocycles. The number of amides is 1. The maximum Gasteiger partial charge on any atom is 0.238 e. The standard InChI is InChI=1S/C17H27N3O/c1-13(2)19-17(3,16(18)21)12-20-10-8-14-6-4-5-7-15(14)9-11-20/h4-7,13,19H,8-12H2,1-3H3,(H2,18,21). The van der Waals surface area contributed by atoms with E-state index < -0.39 is 5.54 Å². The lowest BCUT2D eigenvalue weighted by Gasteiger charge is -2.35. The minimum atomic E-state index is -0.676. The van der Waals surface area contributed by atoms with E-state index in [0.29, 0.717) is 6.54 Å². The molecule has 3 N–H and O–H groups in total. The van der Waals surface area contributed by atoms with Crippen LogP contribution in [-0.2, 0) is 17.6 Å². The Morgan fingerprint density at radius 3 is 2.24 bits per heavy atom. The number of nitrogens with zero attached hydrogens (tertiary/aromatic N) is 1. The predicted octanol–water partition coefficient (Wildman–Crippen LogP) is 1.33. The van der Waals surface area contributed by atoms with Gasteiger partial charge >= 0.3 is 0 Å². The van der Waals surface area contributed by atoms with E-state index in [2.05, 4.69) is 34.5 Å². The molecule has 1 aromatic carbocycles. The van der Waals surface area contributed by atoms with Gasteiger partial charge < -0.3 is 16.0 Å². The molecule has 0 radical (unpaired) electrons. The van der Waals surface area contributed by atoms with E-state index in [-0.39, 0.29) is 11.9 Å². The second-order valence-electron chi connectivity index (χ2n) is 6.54. The summed E-state index contributed by atoms with van der Waals surface area (Å²) in [6, 6.07) is 8.84. The molecule has 2 rings (SSSR count). The molecule has 0 aromatic heterocycles. The van der Waals surface area contributed by atoms with Gasteiger partial charge in [-0.05, 0) is 44.7 Å². The van der Waals surface area contributed by atoms with Gasteiger partial charge in [0.25, 0.3) is 0 Å². The average molecular weight is 289 g/mol. The molecule has 1 amide bonds. The fourth-order valence-electron chi connectivity index (χ4n) is 3.15. The van der Waals surface area contributed by atoms with E-state index in [4.69, 9.17) is 5.73 Å². The zero-order valence-corrected chi connectivity index (χ0v) is 13.4. The van der Waals surface area contributed by atoms with Crippen molar-refractivity contribution in [1.82, 2.24) is 10.2 Å². The molecular weight excluding hydrogens is 262 g/mol. The molecule has 1 aliphatic rings. The Bertz CT molecular complexity index is 474. The summed E-state index contributed by atoms with van der Waals surface area (Å²) in [4.78, 5) is 14.2. The fourth-order valence-corrected chi connectivity index (χ4v) is 3.15. The first-order valence-corrected chi connectivity index (χ1v) is 7.77. The van der Waals surface area contributed by atoms with Crippen LogP contribution in [0.4, 0.5) is 0 Å². The molecule has 1 aliphatic heterocycles. The van der Waals surface area contributed by atoms with Crippen molar-refractivity contribution in [2.75, 3.05) is 19.6 Å². The van der Waals surface area contributed by atoms with E-state index in [0.717, 1.165) is 25.9 Å². The molecule has 0 aliphatic carbocycles. The quantitative estimate of drug-likeness (QED) is 0.860. The molecular formula is C17H27N3O. The van der Waals surface area contributed by atoms with Gasteiger partial charge in [0, 0.05) is 25.7 Å². The van der Waals surface area contributed by atoms with Crippen LogP contribution in [0.2, 0.25) is 0 Å². The Morgan fingerprint density at radius 2 is 1.81 bits per heavy atom. The Morgan fingerprint density at radius 1 is 1.29 bits per heavy atom. The third-order valence-corrected chi connectivity index (χ3v) is 4.20. The molecule has 1 unspecified atom stereocenters. The van der Waals surface area contributed by atoms with Crippen molar-refractivity contribution in [3.8, 4) is 0 Å². The van der Waals surface area contributed by atoms with Crippen LogP contribution >= 0.6 is 0 Å². The van der Waals surface area contributed by atoms with Gasteiger partial charge in [-0.15, -0.1) is 0 Å². The molecule has 1 atom stereocenters. The smallest absolute Gasteiger partial charge is 0.238 e. The SMILES string of the molecule is CC(C)NC(C)(CN1CCc2ccccc2CC1)C(N)=O. The van der Waals surface area contributed by atoms with Gasteiger partial charge in [0.05, 0.1) is 0 Å². The maximum atomic E-state index is 11.9. The van der Waals surface area contributed by atoms with Crippen molar-refractivity contribution in [2.45, 2.75) is 45.2 Å². The molecule has 0 saturated carbocycles. The lowest BCUT2D eigenvalue weighted by Crippen LogP contribution is -2.61. The molecule has 4 heteroatoms. The molecule has 0 saturated heterocycles. The van der Waals surface area contributed by atoms with E-state index in [1.54, 1.807) is 0 Å². The number of rotatable bonds is 5. The van der Waals surface area contributed by atoms with Gasteiger partial charge in [-0.25, -0.2) is 0 Å². The van der Waals surface area contributed by atoms with Gasteiger partial charge in [0.1, 0.15) is 5.54 Å². The highest BCUT2D eigenvalue weighted by atomic mass is 16.1. The normalized spacial score (nSPS) is 18.9. The summed E-state index contributed by atoms with van der Waals surface area (Å²) in [7, 11) is 0. The number of nitrogens with two attached hydrogens (primary N) is 1. The lowest BCUT2D eigenvalue weighted by atomic mass is 9.99. The Hall–Kier alpha value is -1.39. The molecule has 21 heavy (non-hydrogen) atoms. The van der Waals surface area contributed by atoms with Crippen molar-refractivity contribution in [2.24, 2.45) is 5.73 Å². The van der Waals surface area contributed by atoms with Gasteiger partial charge in [0.2, 0.25) is 5.91 Å². The van der Waals surface area contributed by atoms with Crippen LogP contribution in [0.15, 0.2) is 24.3 Å². The van der Waals surface area contributed by atoms with Crippen LogP contribution in [-0.4, -0.2) is 42.0 Å². The number of carbonyl (C=O) groups is 1. The van der Waals surface area contributed by atoms with Crippen molar-refractivity contribution in [3.05, 3.63) is 35.4 Å². The number of primary amides is 1. The number of hydrogen-bond acceptors (Lipinski definition) is 3. The molecule has 1 aromatic rings. The summed E-state index contributed by atoms with van der Waals surface area (Å²) < 4.78 is 0. The predicted molar refractivity (Wildman–Crippen MR) is 86.2 cm³/mol. The maximum absolute atomic E-state index is 11.9. The zero-order chi connectivity index (χ0) is 15.5. The first-order chi connectivity index (χ1) is 9.90. The van der Waals surface area contributed by atoms with Gasteiger partial charge in [-0.2, -0.15) is 0 Å². The van der Waals surface area contributed by atoms with Crippen molar-refractivity contribution in [1.29, 1.82) is 0 Å². The third kappa shape index (κ3) is 4.05. The van der Waals surface area contributed by atoms with Gasteiger partial charge in [-0.1, -0.05) is 24.3 Å². The van der Waals surface area contributed by atoms with Crippen molar-refractivity contribution in [3.63, 3.8) is 0 Å². The number of hydrogen-bond donors (Lipinski definition) is 2. The van der Waals surface area contributed by atoms with Crippen LogP contribution < -0.4 is 11.1 Å². The summed E-state index contributed by atoms with van der Waals surface area (Å²) in [5.74, 6) is -0.280.